The number of anilines is 1. The number of rotatable bonds is 4. The molecule has 0 saturated heterocycles. The van der Waals surface area contributed by atoms with Gasteiger partial charge in [0.05, 0.1) is 5.02 Å². The van der Waals surface area contributed by atoms with Gasteiger partial charge < -0.3 is 5.32 Å². The maximum Gasteiger partial charge on any atom is 0.181 e. The molecular weight excluding hydrogens is 314 g/mol. The maximum absolute atomic E-state index is 6.13. The van der Waals surface area contributed by atoms with Crippen LogP contribution in [0.1, 0.15) is 4.88 Å². The smallest absolute Gasteiger partial charge is 0.181 e. The lowest BCUT2D eigenvalue weighted by atomic mass is 10.1. The number of halogens is 1. The molecule has 0 bridgehead atoms. The summed E-state index contributed by atoms with van der Waals surface area (Å²) >= 11 is 12.2. The third-order valence-electron chi connectivity index (χ3n) is 2.72. The van der Waals surface area contributed by atoms with Crippen LogP contribution in [0.2, 0.25) is 5.02 Å². The fourth-order valence-corrected chi connectivity index (χ4v) is 2.77. The minimum Gasteiger partial charge on any atom is -0.380 e. The van der Waals surface area contributed by atoms with E-state index in [-0.39, 0.29) is 0 Å². The monoisotopic (exact) mass is 323 g/mol. The molecule has 0 aliphatic heterocycles. The first-order valence-corrected chi connectivity index (χ1v) is 7.47. The number of H-pyrrole nitrogens is 1. The number of thiophene rings is 1. The van der Waals surface area contributed by atoms with Crippen LogP contribution in [0.4, 0.5) is 5.69 Å². The SMILES string of the molecule is Sc1cc(-c2nnn[nH]2)c(NCc2cccs2)cc1Cl. The highest BCUT2D eigenvalue weighted by molar-refractivity contribution is 7.80. The summed E-state index contributed by atoms with van der Waals surface area (Å²) in [5.41, 5.74) is 1.70. The molecule has 102 valence electrons. The Hall–Kier alpha value is -1.57. The van der Waals surface area contributed by atoms with Gasteiger partial charge in [0.15, 0.2) is 5.82 Å². The van der Waals surface area contributed by atoms with Gasteiger partial charge in [-0.15, -0.1) is 29.1 Å². The largest absolute Gasteiger partial charge is 0.380 e. The van der Waals surface area contributed by atoms with Crippen molar-refractivity contribution in [2.45, 2.75) is 11.4 Å². The highest BCUT2D eigenvalue weighted by atomic mass is 35.5. The molecule has 0 unspecified atom stereocenters. The molecule has 0 fully saturated rings. The summed E-state index contributed by atoms with van der Waals surface area (Å²) in [5, 5.41) is 19.8. The van der Waals surface area contributed by atoms with E-state index in [4.69, 9.17) is 11.6 Å². The van der Waals surface area contributed by atoms with Crippen LogP contribution in [0.3, 0.4) is 0 Å². The van der Waals surface area contributed by atoms with E-state index in [1.165, 1.54) is 4.88 Å². The lowest BCUT2D eigenvalue weighted by molar-refractivity contribution is 0.881. The Morgan fingerprint density at radius 1 is 1.40 bits per heavy atom. The van der Waals surface area contributed by atoms with Gasteiger partial charge in [-0.05, 0) is 34.0 Å². The van der Waals surface area contributed by atoms with Gasteiger partial charge in [0, 0.05) is 27.6 Å². The van der Waals surface area contributed by atoms with E-state index in [9.17, 15) is 0 Å². The molecule has 0 spiro atoms. The molecule has 5 nitrogen and oxygen atoms in total. The van der Waals surface area contributed by atoms with Gasteiger partial charge in [0.25, 0.3) is 0 Å². The Morgan fingerprint density at radius 2 is 2.30 bits per heavy atom. The standard InChI is InChI=1S/C12H10ClN5S2/c13-9-5-10(14-6-7-2-1-3-20-7)8(4-11(9)19)12-15-17-18-16-12/h1-5,14,19H,6H2,(H,15,16,17,18). The Kier molecular flexibility index (Phi) is 3.90. The lowest BCUT2D eigenvalue weighted by Crippen LogP contribution is -2.00. The number of benzene rings is 1. The van der Waals surface area contributed by atoms with E-state index >= 15 is 0 Å². The number of nitrogens with zero attached hydrogens (tertiary/aromatic N) is 3. The fourth-order valence-electron chi connectivity index (χ4n) is 1.77. The molecule has 2 aromatic heterocycles. The van der Waals surface area contributed by atoms with E-state index in [0.29, 0.717) is 22.3 Å². The van der Waals surface area contributed by atoms with Crippen molar-refractivity contribution in [3.63, 3.8) is 0 Å². The normalized spacial score (nSPS) is 10.7. The van der Waals surface area contributed by atoms with E-state index in [0.717, 1.165) is 11.3 Å². The van der Waals surface area contributed by atoms with Crippen LogP contribution in [0, 0.1) is 0 Å². The molecule has 0 amide bonds. The van der Waals surface area contributed by atoms with Crippen molar-refractivity contribution < 1.29 is 0 Å². The number of tetrazole rings is 1. The molecule has 0 saturated carbocycles. The van der Waals surface area contributed by atoms with Gasteiger partial charge >= 0.3 is 0 Å². The van der Waals surface area contributed by atoms with Crippen LogP contribution in [-0.2, 0) is 6.54 Å². The van der Waals surface area contributed by atoms with E-state index in [2.05, 4.69) is 44.6 Å². The van der Waals surface area contributed by atoms with Crippen LogP contribution >= 0.6 is 35.6 Å². The first-order chi connectivity index (χ1) is 9.74. The molecule has 20 heavy (non-hydrogen) atoms. The Labute approximate surface area is 129 Å². The first-order valence-electron chi connectivity index (χ1n) is 5.77. The Morgan fingerprint density at radius 3 is 3.00 bits per heavy atom. The van der Waals surface area contributed by atoms with Crippen molar-refractivity contribution in [2.24, 2.45) is 0 Å². The number of aromatic amines is 1. The highest BCUT2D eigenvalue weighted by Gasteiger charge is 2.12. The zero-order valence-corrected chi connectivity index (χ0v) is 12.6. The minimum absolute atomic E-state index is 0.575. The number of thiol groups is 1. The summed E-state index contributed by atoms with van der Waals surface area (Å²) < 4.78 is 0. The van der Waals surface area contributed by atoms with Gasteiger partial charge in [0.2, 0.25) is 0 Å². The minimum atomic E-state index is 0.575. The Balaban J connectivity index is 1.94. The molecule has 3 aromatic rings. The first kappa shape index (κ1) is 13.4. The molecule has 1 aromatic carbocycles. The quantitative estimate of drug-likeness (QED) is 0.643. The van der Waals surface area contributed by atoms with Crippen molar-refractivity contribution >= 4 is 41.3 Å². The average molecular weight is 324 g/mol. The van der Waals surface area contributed by atoms with Crippen molar-refractivity contribution in [3.05, 3.63) is 39.5 Å². The molecule has 2 N–H and O–H groups in total. The summed E-state index contributed by atoms with van der Waals surface area (Å²) in [4.78, 5) is 1.91. The lowest BCUT2D eigenvalue weighted by Gasteiger charge is -2.11. The van der Waals surface area contributed by atoms with Crippen LogP contribution in [0.15, 0.2) is 34.5 Å². The topological polar surface area (TPSA) is 66.5 Å². The van der Waals surface area contributed by atoms with Gasteiger partial charge in [-0.3, -0.25) is 0 Å². The highest BCUT2D eigenvalue weighted by Crippen LogP contribution is 2.33. The van der Waals surface area contributed by atoms with E-state index in [1.807, 2.05) is 23.6 Å². The van der Waals surface area contributed by atoms with E-state index in [1.54, 1.807) is 11.3 Å². The zero-order chi connectivity index (χ0) is 13.9. The summed E-state index contributed by atoms with van der Waals surface area (Å²) in [6.07, 6.45) is 0. The third-order valence-corrected chi connectivity index (χ3v) is 4.41. The summed E-state index contributed by atoms with van der Waals surface area (Å²) in [7, 11) is 0. The second kappa shape index (κ2) is 5.82. The number of nitrogens with one attached hydrogen (secondary N) is 2. The number of hydrogen-bond acceptors (Lipinski definition) is 6. The molecular formula is C12H10ClN5S2. The van der Waals surface area contributed by atoms with Crippen LogP contribution in [-0.4, -0.2) is 20.6 Å². The van der Waals surface area contributed by atoms with Crippen molar-refractivity contribution in [1.82, 2.24) is 20.6 Å². The maximum atomic E-state index is 6.13. The fraction of sp³-hybridized carbons (Fsp3) is 0.0833. The van der Waals surface area contributed by atoms with Gasteiger partial charge in [0.1, 0.15) is 0 Å². The second-order valence-corrected chi connectivity index (χ2v) is 5.95. The van der Waals surface area contributed by atoms with Gasteiger partial charge in [-0.25, -0.2) is 5.10 Å². The van der Waals surface area contributed by atoms with Gasteiger partial charge in [-0.1, -0.05) is 17.7 Å². The predicted octanol–water partition coefficient (Wildman–Crippen LogP) is 3.48. The molecule has 0 aliphatic rings. The van der Waals surface area contributed by atoms with Crippen LogP contribution in [0.5, 0.6) is 0 Å². The molecule has 2 heterocycles. The van der Waals surface area contributed by atoms with Crippen LogP contribution < -0.4 is 5.32 Å². The third kappa shape index (κ3) is 2.79. The van der Waals surface area contributed by atoms with Crippen molar-refractivity contribution in [1.29, 1.82) is 0 Å². The Bertz CT molecular complexity index is 697. The van der Waals surface area contributed by atoms with Gasteiger partial charge in [-0.2, -0.15) is 0 Å². The summed E-state index contributed by atoms with van der Waals surface area (Å²) in [6.45, 7) is 0.717. The molecule has 3 rings (SSSR count). The van der Waals surface area contributed by atoms with E-state index < -0.39 is 0 Å². The summed E-state index contributed by atoms with van der Waals surface area (Å²) in [5.74, 6) is 0.575. The molecule has 0 radical (unpaired) electrons. The number of hydrogen-bond donors (Lipinski definition) is 3. The van der Waals surface area contributed by atoms with Crippen molar-refractivity contribution in [2.75, 3.05) is 5.32 Å². The average Bonchev–Trinajstić information content (AvgIpc) is 3.12. The second-order valence-electron chi connectivity index (χ2n) is 4.03. The zero-order valence-electron chi connectivity index (χ0n) is 10.2. The van der Waals surface area contributed by atoms with Crippen LogP contribution in [0.25, 0.3) is 11.4 Å². The predicted molar refractivity (Wildman–Crippen MR) is 83.5 cm³/mol. The molecule has 8 heteroatoms. The molecule has 0 atom stereocenters. The molecule has 0 aliphatic carbocycles. The summed E-state index contributed by atoms with van der Waals surface area (Å²) in [6, 6.07) is 7.76. The number of aromatic nitrogens is 4. The van der Waals surface area contributed by atoms with Crippen molar-refractivity contribution in [3.8, 4) is 11.4 Å².